The summed E-state index contributed by atoms with van der Waals surface area (Å²) < 4.78 is 7.82. The maximum absolute atomic E-state index is 12.9. The number of likely N-dealkylation sites (tertiary alicyclic amines) is 1. The predicted molar refractivity (Wildman–Crippen MR) is 115 cm³/mol. The lowest BCUT2D eigenvalue weighted by atomic mass is 9.83. The molecule has 1 fully saturated rings. The number of carbonyl (C=O) groups is 1. The van der Waals surface area contributed by atoms with Crippen LogP contribution in [0, 0.1) is 5.41 Å². The van der Waals surface area contributed by atoms with Crippen molar-refractivity contribution in [3.63, 3.8) is 0 Å². The van der Waals surface area contributed by atoms with Crippen molar-refractivity contribution in [1.29, 1.82) is 0 Å². The van der Waals surface area contributed by atoms with Gasteiger partial charge in [0.05, 0.1) is 5.75 Å². The summed E-state index contributed by atoms with van der Waals surface area (Å²) in [7, 11) is 1.97. The Labute approximate surface area is 176 Å². The van der Waals surface area contributed by atoms with E-state index in [-0.39, 0.29) is 11.3 Å². The number of furan rings is 1. The number of imidazole rings is 1. The number of nitrogens with zero attached hydrogens (tertiary/aromatic N) is 3. The second-order valence-corrected chi connectivity index (χ2v) is 9.09. The minimum atomic E-state index is 0.00155. The fourth-order valence-electron chi connectivity index (χ4n) is 3.84. The Hall–Kier alpha value is -2.47. The van der Waals surface area contributed by atoms with Gasteiger partial charge < -0.3 is 13.9 Å². The first-order valence-corrected chi connectivity index (χ1v) is 11.0. The van der Waals surface area contributed by atoms with E-state index >= 15 is 0 Å². The summed E-state index contributed by atoms with van der Waals surface area (Å²) in [6.07, 6.45) is 6.87. The number of hydrogen-bond donors (Lipinski definition) is 0. The molecule has 6 heteroatoms. The number of rotatable bonds is 7. The second-order valence-electron chi connectivity index (χ2n) is 8.15. The van der Waals surface area contributed by atoms with Crippen LogP contribution >= 0.6 is 11.8 Å². The largest absolute Gasteiger partial charge is 0.455 e. The monoisotopic (exact) mass is 409 g/mol. The molecule has 152 valence electrons. The molecule has 4 rings (SSSR count). The number of carbonyl (C=O) groups excluding carboxylic acids is 1. The minimum absolute atomic E-state index is 0.00155. The molecule has 1 saturated heterocycles. The molecule has 0 aliphatic carbocycles. The van der Waals surface area contributed by atoms with Crippen molar-refractivity contribution >= 4 is 17.7 Å². The average molecular weight is 410 g/mol. The Bertz CT molecular complexity index is 965. The SMILES string of the molecule is Cn1ccnc1SCc1ccc(C(=O)N2CC[C@](C)(CCc3ccccc3)C2)o1. The fraction of sp³-hybridized carbons (Fsp3) is 0.391. The molecule has 0 bridgehead atoms. The summed E-state index contributed by atoms with van der Waals surface area (Å²) in [5.74, 6) is 1.90. The second kappa shape index (κ2) is 8.49. The highest BCUT2D eigenvalue weighted by molar-refractivity contribution is 7.98. The lowest BCUT2D eigenvalue weighted by molar-refractivity contribution is 0.0740. The van der Waals surface area contributed by atoms with Crippen molar-refractivity contribution in [3.8, 4) is 0 Å². The summed E-state index contributed by atoms with van der Waals surface area (Å²) in [5, 5.41) is 0.933. The number of benzene rings is 1. The average Bonchev–Trinajstić information content (AvgIpc) is 3.46. The molecule has 1 aliphatic rings. The summed E-state index contributed by atoms with van der Waals surface area (Å²) in [4.78, 5) is 19.2. The molecule has 1 atom stereocenters. The Kier molecular flexibility index (Phi) is 5.81. The first kappa shape index (κ1) is 19.8. The molecule has 5 nitrogen and oxygen atoms in total. The summed E-state index contributed by atoms with van der Waals surface area (Å²) in [5.41, 5.74) is 1.52. The van der Waals surface area contributed by atoms with Gasteiger partial charge in [-0.15, -0.1) is 0 Å². The van der Waals surface area contributed by atoms with Gasteiger partial charge in [0.2, 0.25) is 0 Å². The van der Waals surface area contributed by atoms with Gasteiger partial charge in [0.1, 0.15) is 5.76 Å². The zero-order chi connectivity index (χ0) is 20.3. The van der Waals surface area contributed by atoms with Crippen LogP contribution in [0.3, 0.4) is 0 Å². The van der Waals surface area contributed by atoms with E-state index in [0.717, 1.165) is 43.3 Å². The van der Waals surface area contributed by atoms with Gasteiger partial charge in [0, 0.05) is 32.5 Å². The molecule has 0 N–H and O–H groups in total. The zero-order valence-corrected chi connectivity index (χ0v) is 17.8. The molecule has 3 aromatic rings. The molecule has 1 amide bonds. The summed E-state index contributed by atoms with van der Waals surface area (Å²) >= 11 is 1.60. The lowest BCUT2D eigenvalue weighted by Gasteiger charge is -2.24. The molecule has 0 spiro atoms. The Morgan fingerprint density at radius 2 is 2.07 bits per heavy atom. The number of amides is 1. The topological polar surface area (TPSA) is 51.3 Å². The molecule has 2 aromatic heterocycles. The molecule has 29 heavy (non-hydrogen) atoms. The third-order valence-corrected chi connectivity index (χ3v) is 6.78. The maximum atomic E-state index is 12.9. The highest BCUT2D eigenvalue weighted by Gasteiger charge is 2.36. The van der Waals surface area contributed by atoms with Crippen molar-refractivity contribution in [2.75, 3.05) is 13.1 Å². The van der Waals surface area contributed by atoms with Crippen LogP contribution in [0.1, 0.15) is 41.6 Å². The van der Waals surface area contributed by atoms with Gasteiger partial charge in [-0.3, -0.25) is 4.79 Å². The fourth-order valence-corrected chi connectivity index (χ4v) is 4.67. The standard InChI is InChI=1S/C23H27N3O2S/c1-23(11-10-18-6-4-3-5-7-18)12-14-26(17-23)21(27)20-9-8-19(28-20)16-29-22-24-13-15-25(22)2/h3-9,13,15H,10-12,14,16-17H2,1-2H3/t23-/m0/s1. The number of thioether (sulfide) groups is 1. The van der Waals surface area contributed by atoms with E-state index in [2.05, 4.69) is 36.2 Å². The number of aryl methyl sites for hydroxylation is 2. The molecule has 0 saturated carbocycles. The van der Waals surface area contributed by atoms with Crippen molar-refractivity contribution in [2.45, 2.75) is 37.1 Å². The van der Waals surface area contributed by atoms with Gasteiger partial charge in [0.15, 0.2) is 10.9 Å². The van der Waals surface area contributed by atoms with Gasteiger partial charge in [-0.1, -0.05) is 49.0 Å². The first-order valence-electron chi connectivity index (χ1n) is 10.0. The van der Waals surface area contributed by atoms with E-state index in [4.69, 9.17) is 4.42 Å². The van der Waals surface area contributed by atoms with E-state index in [0.29, 0.717) is 11.5 Å². The Balaban J connectivity index is 1.32. The molecular formula is C23H27N3O2S. The van der Waals surface area contributed by atoms with Gasteiger partial charge in [0.25, 0.3) is 5.91 Å². The molecule has 0 radical (unpaired) electrons. The maximum Gasteiger partial charge on any atom is 0.289 e. The van der Waals surface area contributed by atoms with Crippen LogP contribution in [-0.2, 0) is 19.2 Å². The Morgan fingerprint density at radius 1 is 1.24 bits per heavy atom. The summed E-state index contributed by atoms with van der Waals surface area (Å²) in [6, 6.07) is 14.3. The van der Waals surface area contributed by atoms with Gasteiger partial charge >= 0.3 is 0 Å². The molecule has 1 aromatic carbocycles. The highest BCUT2D eigenvalue weighted by Crippen LogP contribution is 2.35. The number of aromatic nitrogens is 2. The van der Waals surface area contributed by atoms with E-state index in [1.807, 2.05) is 34.8 Å². The van der Waals surface area contributed by atoms with Crippen molar-refractivity contribution in [3.05, 3.63) is 71.9 Å². The molecule has 0 unspecified atom stereocenters. The van der Waals surface area contributed by atoms with Crippen LogP contribution in [0.5, 0.6) is 0 Å². The van der Waals surface area contributed by atoms with E-state index in [9.17, 15) is 4.79 Å². The van der Waals surface area contributed by atoms with Crippen LogP contribution in [0.25, 0.3) is 0 Å². The van der Waals surface area contributed by atoms with Crippen LogP contribution in [0.15, 0.2) is 64.4 Å². The van der Waals surface area contributed by atoms with Crippen LogP contribution in [0.2, 0.25) is 0 Å². The molecular weight excluding hydrogens is 382 g/mol. The molecule has 3 heterocycles. The van der Waals surface area contributed by atoms with Crippen LogP contribution in [0.4, 0.5) is 0 Å². The Morgan fingerprint density at radius 3 is 2.83 bits per heavy atom. The van der Waals surface area contributed by atoms with Crippen molar-refractivity contribution in [1.82, 2.24) is 14.5 Å². The third-order valence-electron chi connectivity index (χ3n) is 5.70. The van der Waals surface area contributed by atoms with Crippen molar-refractivity contribution in [2.24, 2.45) is 12.5 Å². The van der Waals surface area contributed by atoms with Crippen LogP contribution < -0.4 is 0 Å². The predicted octanol–water partition coefficient (Wildman–Crippen LogP) is 4.79. The smallest absolute Gasteiger partial charge is 0.289 e. The van der Waals surface area contributed by atoms with Gasteiger partial charge in [-0.05, 0) is 42.4 Å². The molecule has 1 aliphatic heterocycles. The highest BCUT2D eigenvalue weighted by atomic mass is 32.2. The number of hydrogen-bond acceptors (Lipinski definition) is 4. The zero-order valence-electron chi connectivity index (χ0n) is 17.0. The van der Waals surface area contributed by atoms with Gasteiger partial charge in [-0.2, -0.15) is 0 Å². The first-order chi connectivity index (χ1) is 14.0. The lowest BCUT2D eigenvalue weighted by Crippen LogP contribution is -2.31. The van der Waals surface area contributed by atoms with Gasteiger partial charge in [-0.25, -0.2) is 4.98 Å². The van der Waals surface area contributed by atoms with E-state index in [1.165, 1.54) is 5.56 Å². The van der Waals surface area contributed by atoms with E-state index < -0.39 is 0 Å². The summed E-state index contributed by atoms with van der Waals surface area (Å²) in [6.45, 7) is 3.87. The van der Waals surface area contributed by atoms with Crippen LogP contribution in [-0.4, -0.2) is 33.4 Å². The quantitative estimate of drug-likeness (QED) is 0.527. The minimum Gasteiger partial charge on any atom is -0.455 e. The third kappa shape index (κ3) is 4.75. The van der Waals surface area contributed by atoms with Crippen molar-refractivity contribution < 1.29 is 9.21 Å². The normalized spacial score (nSPS) is 19.0. The van der Waals surface area contributed by atoms with E-state index in [1.54, 1.807) is 24.0 Å².